The highest BCUT2D eigenvalue weighted by atomic mass is 14.5. The highest BCUT2D eigenvalue weighted by Gasteiger charge is 2.34. The van der Waals surface area contributed by atoms with Gasteiger partial charge in [0.25, 0.3) is 0 Å². The van der Waals surface area contributed by atoms with Gasteiger partial charge in [-0.2, -0.15) is 0 Å². The van der Waals surface area contributed by atoms with Crippen LogP contribution in [0.4, 0.5) is 0 Å². The van der Waals surface area contributed by atoms with Crippen molar-refractivity contribution in [2.45, 2.75) is 46.7 Å². The lowest BCUT2D eigenvalue weighted by atomic mass is 9.75. The van der Waals surface area contributed by atoms with E-state index in [-0.39, 0.29) is 5.92 Å². The fourth-order valence-electron chi connectivity index (χ4n) is 4.01. The van der Waals surface area contributed by atoms with Crippen LogP contribution in [0.5, 0.6) is 0 Å². The Morgan fingerprint density at radius 2 is 1.08 bits per heavy atom. The predicted molar refractivity (Wildman–Crippen MR) is 111 cm³/mol. The fraction of sp³-hybridized carbons (Fsp3) is 0.292. The van der Waals surface area contributed by atoms with E-state index in [1.165, 1.54) is 39.3 Å². The second kappa shape index (κ2) is 7.61. The number of benzene rings is 2. The van der Waals surface area contributed by atoms with Gasteiger partial charge in [0.15, 0.2) is 0 Å². The molecular formula is C24H29N2. The Morgan fingerprint density at radius 3 is 1.46 bits per heavy atom. The molecule has 2 heteroatoms. The van der Waals surface area contributed by atoms with E-state index >= 15 is 0 Å². The van der Waals surface area contributed by atoms with Crippen LogP contribution in [0, 0.1) is 5.92 Å². The Morgan fingerprint density at radius 1 is 0.654 bits per heavy atom. The van der Waals surface area contributed by atoms with Crippen LogP contribution in [0.2, 0.25) is 0 Å². The third kappa shape index (κ3) is 3.27. The molecule has 1 aliphatic carbocycles. The van der Waals surface area contributed by atoms with Gasteiger partial charge in [-0.15, -0.1) is 0 Å². The van der Waals surface area contributed by atoms with Crippen molar-refractivity contribution in [2.75, 3.05) is 0 Å². The second-order valence-electron chi connectivity index (χ2n) is 7.25. The van der Waals surface area contributed by atoms with Gasteiger partial charge < -0.3 is 11.5 Å². The van der Waals surface area contributed by atoms with E-state index < -0.39 is 0 Å². The number of hydrogen-bond acceptors (Lipinski definition) is 2. The summed E-state index contributed by atoms with van der Waals surface area (Å²) in [6.45, 7) is 10.1. The summed E-state index contributed by atoms with van der Waals surface area (Å²) in [6, 6.07) is 17.4. The first-order valence-corrected chi connectivity index (χ1v) is 9.28. The van der Waals surface area contributed by atoms with Crippen LogP contribution in [0.1, 0.15) is 55.9 Å². The zero-order valence-electron chi connectivity index (χ0n) is 16.3. The van der Waals surface area contributed by atoms with Crippen molar-refractivity contribution in [2.24, 2.45) is 11.5 Å². The standard InChI is InChI=1S/C24H29N2/c1-15-16(2)18(4)23(17(15)3)24(21-9-5-7-19(11-21)13-25)22-10-6-8-20(12-22)14-26/h5-12,24H,13-14,25-26H2,1-4H3. The highest BCUT2D eigenvalue weighted by Crippen LogP contribution is 2.49. The van der Waals surface area contributed by atoms with Gasteiger partial charge in [-0.3, -0.25) is 0 Å². The van der Waals surface area contributed by atoms with Crippen molar-refractivity contribution in [1.29, 1.82) is 0 Å². The second-order valence-corrected chi connectivity index (χ2v) is 7.25. The van der Waals surface area contributed by atoms with Crippen molar-refractivity contribution in [1.82, 2.24) is 0 Å². The molecule has 0 heterocycles. The molecule has 2 aromatic rings. The third-order valence-electron chi connectivity index (χ3n) is 5.82. The molecule has 0 atom stereocenters. The molecular weight excluding hydrogens is 316 g/mol. The zero-order valence-corrected chi connectivity index (χ0v) is 16.3. The molecule has 2 nitrogen and oxygen atoms in total. The third-order valence-corrected chi connectivity index (χ3v) is 5.82. The molecule has 1 aliphatic rings. The molecule has 0 saturated heterocycles. The molecule has 0 aliphatic heterocycles. The fourth-order valence-corrected chi connectivity index (χ4v) is 4.01. The summed E-state index contributed by atoms with van der Waals surface area (Å²) in [5.41, 5.74) is 22.3. The van der Waals surface area contributed by atoms with E-state index in [1.54, 1.807) is 0 Å². The van der Waals surface area contributed by atoms with Crippen LogP contribution in [0.3, 0.4) is 0 Å². The molecule has 0 spiro atoms. The lowest BCUT2D eigenvalue weighted by Crippen LogP contribution is -2.15. The maximum atomic E-state index is 5.91. The van der Waals surface area contributed by atoms with E-state index in [1.807, 2.05) is 0 Å². The van der Waals surface area contributed by atoms with Crippen molar-refractivity contribution in [3.05, 3.63) is 99.0 Å². The Labute approximate surface area is 157 Å². The molecule has 4 N–H and O–H groups in total. The highest BCUT2D eigenvalue weighted by molar-refractivity contribution is 5.63. The van der Waals surface area contributed by atoms with Crippen LogP contribution >= 0.6 is 0 Å². The van der Waals surface area contributed by atoms with Crippen LogP contribution in [0.25, 0.3) is 0 Å². The van der Waals surface area contributed by atoms with Crippen LogP contribution in [0.15, 0.2) is 70.8 Å². The molecule has 0 fully saturated rings. The lowest BCUT2D eigenvalue weighted by molar-refractivity contribution is 0.845. The molecule has 0 bridgehead atoms. The van der Waals surface area contributed by atoms with Gasteiger partial charge in [0.1, 0.15) is 0 Å². The summed E-state index contributed by atoms with van der Waals surface area (Å²) in [5.74, 6) is 1.61. The Kier molecular flexibility index (Phi) is 5.45. The number of hydrogen-bond donors (Lipinski definition) is 2. The van der Waals surface area contributed by atoms with Crippen molar-refractivity contribution >= 4 is 0 Å². The van der Waals surface area contributed by atoms with Crippen molar-refractivity contribution < 1.29 is 0 Å². The molecule has 0 aromatic heterocycles. The van der Waals surface area contributed by atoms with Gasteiger partial charge in [-0.05, 0) is 61.1 Å². The smallest absolute Gasteiger partial charge is 0.0376 e. The summed E-state index contributed by atoms with van der Waals surface area (Å²) < 4.78 is 0. The van der Waals surface area contributed by atoms with Crippen LogP contribution in [-0.2, 0) is 13.1 Å². The number of rotatable bonds is 5. The predicted octanol–water partition coefficient (Wildman–Crippen LogP) is 5.00. The average molecular weight is 346 g/mol. The van der Waals surface area contributed by atoms with Gasteiger partial charge in [-0.1, -0.05) is 59.7 Å². The average Bonchev–Trinajstić information content (AvgIpc) is 2.86. The van der Waals surface area contributed by atoms with E-state index in [4.69, 9.17) is 11.5 Å². The zero-order chi connectivity index (χ0) is 18.8. The lowest BCUT2D eigenvalue weighted by Gasteiger charge is -2.28. The maximum absolute atomic E-state index is 5.91. The first-order valence-electron chi connectivity index (χ1n) is 9.28. The summed E-state index contributed by atoms with van der Waals surface area (Å²) in [7, 11) is 0. The van der Waals surface area contributed by atoms with Crippen molar-refractivity contribution in [3.63, 3.8) is 0 Å². The monoisotopic (exact) mass is 345 g/mol. The Bertz CT molecular complexity index is 802. The molecule has 26 heavy (non-hydrogen) atoms. The van der Waals surface area contributed by atoms with E-state index in [0.717, 1.165) is 11.1 Å². The first kappa shape index (κ1) is 18.6. The molecule has 2 aromatic carbocycles. The number of nitrogens with two attached hydrogens (primary N) is 2. The minimum atomic E-state index is 0.195. The first-order chi connectivity index (χ1) is 12.5. The minimum Gasteiger partial charge on any atom is -0.326 e. The Hall–Kier alpha value is -2.16. The summed E-state index contributed by atoms with van der Waals surface area (Å²) in [4.78, 5) is 0. The Balaban J connectivity index is 2.20. The summed E-state index contributed by atoms with van der Waals surface area (Å²) in [5, 5.41) is 0. The van der Waals surface area contributed by atoms with Crippen LogP contribution < -0.4 is 11.5 Å². The topological polar surface area (TPSA) is 52.0 Å². The van der Waals surface area contributed by atoms with Gasteiger partial charge in [0.05, 0.1) is 0 Å². The molecule has 0 unspecified atom stereocenters. The van der Waals surface area contributed by atoms with Gasteiger partial charge >= 0.3 is 0 Å². The largest absolute Gasteiger partial charge is 0.326 e. The molecule has 1 radical (unpaired) electrons. The van der Waals surface area contributed by atoms with E-state index in [2.05, 4.69) is 76.2 Å². The molecule has 0 saturated carbocycles. The molecule has 0 amide bonds. The molecule has 135 valence electrons. The summed E-state index contributed by atoms with van der Waals surface area (Å²) in [6.07, 6.45) is 0. The van der Waals surface area contributed by atoms with Gasteiger partial charge in [0.2, 0.25) is 0 Å². The maximum Gasteiger partial charge on any atom is 0.0376 e. The summed E-state index contributed by atoms with van der Waals surface area (Å²) >= 11 is 0. The van der Waals surface area contributed by atoms with Gasteiger partial charge in [0, 0.05) is 24.9 Å². The minimum absolute atomic E-state index is 0.195. The van der Waals surface area contributed by atoms with Crippen molar-refractivity contribution in [3.8, 4) is 0 Å². The van der Waals surface area contributed by atoms with E-state index in [0.29, 0.717) is 13.1 Å². The van der Waals surface area contributed by atoms with Crippen LogP contribution in [-0.4, -0.2) is 0 Å². The normalized spacial score (nSPS) is 15.5. The van der Waals surface area contributed by atoms with Gasteiger partial charge in [-0.25, -0.2) is 0 Å². The number of allylic oxidation sites excluding steroid dienone is 4. The van der Waals surface area contributed by atoms with E-state index in [9.17, 15) is 0 Å². The SMILES string of the molecule is CC1=C(C)C(C)=C(C)[C]1C(c1cccc(CN)c1)c1cccc(CN)c1. The quantitative estimate of drug-likeness (QED) is 0.801. The molecule has 3 rings (SSSR count).